The Morgan fingerprint density at radius 3 is 2.88 bits per heavy atom. The van der Waals surface area contributed by atoms with E-state index in [1.165, 1.54) is 0 Å². The van der Waals surface area contributed by atoms with Gasteiger partial charge in [0.2, 0.25) is 0 Å². The number of morpholine rings is 1. The summed E-state index contributed by atoms with van der Waals surface area (Å²) >= 11 is 3.48. The molecule has 1 aliphatic heterocycles. The number of hydrogen-bond donors (Lipinski definition) is 0. The van der Waals surface area contributed by atoms with Crippen LogP contribution < -0.4 is 0 Å². The molecule has 102 valence electrons. The van der Waals surface area contributed by atoms with E-state index in [1.807, 2.05) is 0 Å². The molecule has 0 N–H and O–H groups in total. The Hall–Kier alpha value is 0.320. The zero-order valence-electron chi connectivity index (χ0n) is 10.9. The molecule has 1 aliphatic rings. The SMILES string of the molecule is COCCOCCCN1CC(CBr)OCC1C. The minimum atomic E-state index is 0.334. The molecule has 1 heterocycles. The van der Waals surface area contributed by atoms with Crippen LogP contribution in [0.5, 0.6) is 0 Å². The molecule has 0 spiro atoms. The van der Waals surface area contributed by atoms with Crippen LogP contribution in [0.1, 0.15) is 13.3 Å². The predicted octanol–water partition coefficient (Wildman–Crippen LogP) is 1.52. The van der Waals surface area contributed by atoms with Crippen LogP contribution in [-0.4, -0.2) is 69.0 Å². The molecule has 17 heavy (non-hydrogen) atoms. The zero-order valence-corrected chi connectivity index (χ0v) is 12.4. The third-order valence-corrected chi connectivity index (χ3v) is 3.69. The van der Waals surface area contributed by atoms with Gasteiger partial charge in [-0.05, 0) is 13.3 Å². The van der Waals surface area contributed by atoms with Crippen LogP contribution in [0, 0.1) is 0 Å². The molecule has 1 fully saturated rings. The molecule has 0 aromatic heterocycles. The highest BCUT2D eigenvalue weighted by Gasteiger charge is 2.24. The molecule has 5 heteroatoms. The van der Waals surface area contributed by atoms with Gasteiger partial charge in [-0.3, -0.25) is 4.90 Å². The minimum Gasteiger partial charge on any atom is -0.382 e. The normalized spacial score (nSPS) is 26.3. The summed E-state index contributed by atoms with van der Waals surface area (Å²) in [6, 6.07) is 0.518. The zero-order chi connectivity index (χ0) is 12.5. The maximum absolute atomic E-state index is 5.69. The van der Waals surface area contributed by atoms with Crippen molar-refractivity contribution in [1.29, 1.82) is 0 Å². The third-order valence-electron chi connectivity index (χ3n) is 2.97. The second-order valence-electron chi connectivity index (χ2n) is 4.41. The van der Waals surface area contributed by atoms with Gasteiger partial charge in [0.15, 0.2) is 0 Å². The second kappa shape index (κ2) is 9.28. The van der Waals surface area contributed by atoms with Crippen molar-refractivity contribution in [3.63, 3.8) is 0 Å². The quantitative estimate of drug-likeness (QED) is 0.502. The fraction of sp³-hybridized carbons (Fsp3) is 1.00. The van der Waals surface area contributed by atoms with Gasteiger partial charge in [0, 0.05) is 38.2 Å². The molecular weight excluding hydrogens is 286 g/mol. The van der Waals surface area contributed by atoms with E-state index in [1.54, 1.807) is 7.11 Å². The number of alkyl halides is 1. The van der Waals surface area contributed by atoms with Gasteiger partial charge in [0.1, 0.15) is 0 Å². The summed E-state index contributed by atoms with van der Waals surface area (Å²) in [4.78, 5) is 2.48. The first-order valence-electron chi connectivity index (χ1n) is 6.26. The molecule has 1 rings (SSSR count). The first kappa shape index (κ1) is 15.4. The van der Waals surface area contributed by atoms with Crippen molar-refractivity contribution in [2.75, 3.05) is 52.0 Å². The van der Waals surface area contributed by atoms with E-state index >= 15 is 0 Å². The Morgan fingerprint density at radius 2 is 2.18 bits per heavy atom. The molecule has 0 saturated carbocycles. The summed E-state index contributed by atoms with van der Waals surface area (Å²) in [6.45, 7) is 7.34. The van der Waals surface area contributed by atoms with Gasteiger partial charge in [-0.2, -0.15) is 0 Å². The van der Waals surface area contributed by atoms with Crippen molar-refractivity contribution < 1.29 is 14.2 Å². The number of ether oxygens (including phenoxy) is 3. The number of halogens is 1. The third kappa shape index (κ3) is 6.15. The molecule has 1 saturated heterocycles. The van der Waals surface area contributed by atoms with Crippen LogP contribution in [0.25, 0.3) is 0 Å². The first-order chi connectivity index (χ1) is 8.27. The number of nitrogens with zero attached hydrogens (tertiary/aromatic N) is 1. The molecule has 4 nitrogen and oxygen atoms in total. The van der Waals surface area contributed by atoms with E-state index in [4.69, 9.17) is 14.2 Å². The van der Waals surface area contributed by atoms with E-state index < -0.39 is 0 Å². The molecule has 0 bridgehead atoms. The molecule has 0 aromatic rings. The van der Waals surface area contributed by atoms with E-state index in [0.717, 1.165) is 38.1 Å². The summed E-state index contributed by atoms with van der Waals surface area (Å²) in [5.74, 6) is 0. The number of rotatable bonds is 8. The van der Waals surface area contributed by atoms with Crippen molar-refractivity contribution in [3.05, 3.63) is 0 Å². The van der Waals surface area contributed by atoms with Gasteiger partial charge < -0.3 is 14.2 Å². The summed E-state index contributed by atoms with van der Waals surface area (Å²) in [5, 5.41) is 0.917. The van der Waals surface area contributed by atoms with Gasteiger partial charge in [0.05, 0.1) is 25.9 Å². The molecule has 0 aliphatic carbocycles. The summed E-state index contributed by atoms with van der Waals surface area (Å²) in [5.41, 5.74) is 0. The van der Waals surface area contributed by atoms with Crippen LogP contribution >= 0.6 is 15.9 Å². The Morgan fingerprint density at radius 1 is 1.35 bits per heavy atom. The molecule has 2 unspecified atom stereocenters. The van der Waals surface area contributed by atoms with E-state index in [0.29, 0.717) is 25.4 Å². The van der Waals surface area contributed by atoms with E-state index in [2.05, 4.69) is 27.8 Å². The molecule has 0 amide bonds. The molecule has 0 radical (unpaired) electrons. The smallest absolute Gasteiger partial charge is 0.0799 e. The maximum Gasteiger partial charge on any atom is 0.0799 e. The summed E-state index contributed by atoms with van der Waals surface area (Å²) in [7, 11) is 1.69. The predicted molar refractivity (Wildman–Crippen MR) is 71.9 cm³/mol. The average molecular weight is 310 g/mol. The van der Waals surface area contributed by atoms with E-state index in [9.17, 15) is 0 Å². The largest absolute Gasteiger partial charge is 0.382 e. The highest BCUT2D eigenvalue weighted by atomic mass is 79.9. The lowest BCUT2D eigenvalue weighted by Crippen LogP contribution is -2.49. The van der Waals surface area contributed by atoms with Crippen molar-refractivity contribution in [2.24, 2.45) is 0 Å². The molecular formula is C12H24BrNO3. The molecule has 2 atom stereocenters. The lowest BCUT2D eigenvalue weighted by Gasteiger charge is -2.37. The Kier molecular flexibility index (Phi) is 8.39. The van der Waals surface area contributed by atoms with Crippen LogP contribution in [0.2, 0.25) is 0 Å². The first-order valence-corrected chi connectivity index (χ1v) is 7.38. The fourth-order valence-electron chi connectivity index (χ4n) is 1.89. The Bertz CT molecular complexity index is 195. The van der Waals surface area contributed by atoms with Gasteiger partial charge >= 0.3 is 0 Å². The monoisotopic (exact) mass is 309 g/mol. The Balaban J connectivity index is 2.07. The van der Waals surface area contributed by atoms with Crippen molar-refractivity contribution >= 4 is 15.9 Å². The van der Waals surface area contributed by atoms with Gasteiger partial charge in [-0.15, -0.1) is 0 Å². The highest BCUT2D eigenvalue weighted by Crippen LogP contribution is 2.13. The standard InChI is InChI=1S/C12H24BrNO3/c1-11-10-17-12(8-13)9-14(11)4-3-5-16-7-6-15-2/h11-12H,3-10H2,1-2H3. The summed E-state index contributed by atoms with van der Waals surface area (Å²) in [6.07, 6.45) is 1.41. The van der Waals surface area contributed by atoms with E-state index in [-0.39, 0.29) is 0 Å². The second-order valence-corrected chi connectivity index (χ2v) is 5.06. The van der Waals surface area contributed by atoms with Crippen LogP contribution in [-0.2, 0) is 14.2 Å². The fourth-order valence-corrected chi connectivity index (χ4v) is 2.29. The lowest BCUT2D eigenvalue weighted by atomic mass is 10.2. The Labute approximate surface area is 113 Å². The number of hydrogen-bond acceptors (Lipinski definition) is 4. The van der Waals surface area contributed by atoms with Crippen molar-refractivity contribution in [1.82, 2.24) is 4.90 Å². The highest BCUT2D eigenvalue weighted by molar-refractivity contribution is 9.09. The van der Waals surface area contributed by atoms with Crippen LogP contribution in [0.15, 0.2) is 0 Å². The molecule has 0 aromatic carbocycles. The lowest BCUT2D eigenvalue weighted by molar-refractivity contribution is -0.0492. The summed E-state index contributed by atoms with van der Waals surface area (Å²) < 4.78 is 16.1. The van der Waals surface area contributed by atoms with Gasteiger partial charge in [0.25, 0.3) is 0 Å². The van der Waals surface area contributed by atoms with Crippen molar-refractivity contribution in [3.8, 4) is 0 Å². The van der Waals surface area contributed by atoms with Crippen molar-refractivity contribution in [2.45, 2.75) is 25.5 Å². The van der Waals surface area contributed by atoms with Crippen LogP contribution in [0.4, 0.5) is 0 Å². The number of methoxy groups -OCH3 is 1. The topological polar surface area (TPSA) is 30.9 Å². The average Bonchev–Trinajstić information content (AvgIpc) is 2.35. The van der Waals surface area contributed by atoms with Gasteiger partial charge in [-0.1, -0.05) is 15.9 Å². The van der Waals surface area contributed by atoms with Gasteiger partial charge in [-0.25, -0.2) is 0 Å². The maximum atomic E-state index is 5.69. The minimum absolute atomic E-state index is 0.334. The van der Waals surface area contributed by atoms with Crippen LogP contribution in [0.3, 0.4) is 0 Å².